The zero-order valence-electron chi connectivity index (χ0n) is 12.5. The molecule has 1 rings (SSSR count). The van der Waals surface area contributed by atoms with Crippen molar-refractivity contribution in [3.05, 3.63) is 34.3 Å². The molecule has 0 amide bonds. The lowest BCUT2D eigenvalue weighted by molar-refractivity contribution is 0.0927. The summed E-state index contributed by atoms with van der Waals surface area (Å²) in [7, 11) is 2.09. The number of Topliss-reactive ketones (excluding diaryl/α,β-unsaturated/α-hetero) is 1. The van der Waals surface area contributed by atoms with Gasteiger partial charge >= 0.3 is 0 Å². The van der Waals surface area contributed by atoms with Crippen LogP contribution in [0.2, 0.25) is 0 Å². The summed E-state index contributed by atoms with van der Waals surface area (Å²) in [4.78, 5) is 14.4. The summed E-state index contributed by atoms with van der Waals surface area (Å²) in [5.74, 6) is 0.195. The second-order valence-corrected chi connectivity index (χ2v) is 7.03. The topological polar surface area (TPSA) is 20.3 Å². The lowest BCUT2D eigenvalue weighted by atomic mass is 9.87. The Morgan fingerprint density at radius 1 is 1.32 bits per heavy atom. The fourth-order valence-corrected chi connectivity index (χ4v) is 2.46. The first-order valence-electron chi connectivity index (χ1n) is 6.71. The number of rotatable bonds is 5. The molecule has 0 spiro atoms. The Labute approximate surface area is 125 Å². The molecule has 3 heteroatoms. The molecule has 0 saturated carbocycles. The Morgan fingerprint density at radius 3 is 2.42 bits per heavy atom. The van der Waals surface area contributed by atoms with Crippen molar-refractivity contribution < 1.29 is 4.79 Å². The Kier molecular flexibility index (Phi) is 5.75. The number of ketones is 1. The normalized spacial score (nSPS) is 13.6. The first kappa shape index (κ1) is 16.4. The van der Waals surface area contributed by atoms with Gasteiger partial charge in [-0.2, -0.15) is 0 Å². The average molecular weight is 326 g/mol. The van der Waals surface area contributed by atoms with Crippen LogP contribution in [0.4, 0.5) is 0 Å². The molecule has 0 radical (unpaired) electrons. The van der Waals surface area contributed by atoms with Crippen molar-refractivity contribution in [3.63, 3.8) is 0 Å². The molecule has 0 bridgehead atoms. The molecule has 0 fully saturated rings. The van der Waals surface area contributed by atoms with Crippen molar-refractivity contribution in [2.75, 3.05) is 13.6 Å². The minimum absolute atomic E-state index is 0.195. The highest BCUT2D eigenvalue weighted by Gasteiger charge is 2.24. The third-order valence-electron chi connectivity index (χ3n) is 3.78. The molecule has 1 aromatic rings. The average Bonchev–Trinajstić information content (AvgIpc) is 2.34. The van der Waals surface area contributed by atoms with Crippen LogP contribution in [0.3, 0.4) is 0 Å². The maximum atomic E-state index is 12.2. The first-order valence-corrected chi connectivity index (χ1v) is 7.50. The van der Waals surface area contributed by atoms with Crippen LogP contribution >= 0.6 is 15.9 Å². The van der Waals surface area contributed by atoms with E-state index in [4.69, 9.17) is 0 Å². The number of hydrogen-bond acceptors (Lipinski definition) is 2. The van der Waals surface area contributed by atoms with Crippen LogP contribution < -0.4 is 0 Å². The Hall–Kier alpha value is -0.670. The number of nitrogens with zero attached hydrogens (tertiary/aromatic N) is 1. The fraction of sp³-hybridized carbons (Fsp3) is 0.562. The zero-order chi connectivity index (χ0) is 14.6. The molecule has 19 heavy (non-hydrogen) atoms. The Balaban J connectivity index is 2.58. The van der Waals surface area contributed by atoms with E-state index in [2.05, 4.69) is 55.6 Å². The summed E-state index contributed by atoms with van der Waals surface area (Å²) in [5.41, 5.74) is 1.00. The second kappa shape index (κ2) is 6.67. The lowest BCUT2D eigenvalue weighted by Crippen LogP contribution is -2.40. The molecule has 2 nitrogen and oxygen atoms in total. The van der Waals surface area contributed by atoms with Crippen LogP contribution in [0.25, 0.3) is 0 Å². The van der Waals surface area contributed by atoms with E-state index in [1.54, 1.807) is 0 Å². The van der Waals surface area contributed by atoms with Crippen molar-refractivity contribution in [2.45, 2.75) is 40.2 Å². The Bertz CT molecular complexity index is 437. The van der Waals surface area contributed by atoms with Gasteiger partial charge in [0.2, 0.25) is 0 Å². The predicted octanol–water partition coefficient (Wildman–Crippen LogP) is 4.39. The van der Waals surface area contributed by atoms with E-state index in [-0.39, 0.29) is 11.2 Å². The monoisotopic (exact) mass is 325 g/mol. The molecule has 0 heterocycles. The molecule has 1 aromatic carbocycles. The van der Waals surface area contributed by atoms with Gasteiger partial charge in [0, 0.05) is 29.0 Å². The maximum absolute atomic E-state index is 12.2. The van der Waals surface area contributed by atoms with Crippen LogP contribution in [0.1, 0.15) is 44.5 Å². The van der Waals surface area contributed by atoms with Crippen LogP contribution in [0.5, 0.6) is 0 Å². The van der Waals surface area contributed by atoms with Gasteiger partial charge < -0.3 is 4.90 Å². The predicted molar refractivity (Wildman–Crippen MR) is 84.6 cm³/mol. The standard InChI is InChI=1S/C16H24BrNO/c1-12(16(2,3)4)18(5)11-10-15(19)13-8-6-7-9-14(13)17/h6-9,12H,10-11H2,1-5H3. The molecule has 0 aromatic heterocycles. The molecule has 1 unspecified atom stereocenters. The van der Waals surface area contributed by atoms with E-state index in [1.807, 2.05) is 24.3 Å². The quantitative estimate of drug-likeness (QED) is 0.748. The Morgan fingerprint density at radius 2 is 1.89 bits per heavy atom. The van der Waals surface area contributed by atoms with Gasteiger partial charge in [0.1, 0.15) is 0 Å². The number of halogens is 1. The number of carbonyl (C=O) groups excluding carboxylic acids is 1. The molecular formula is C16H24BrNO. The summed E-state index contributed by atoms with van der Waals surface area (Å²) < 4.78 is 0.881. The van der Waals surface area contributed by atoms with Crippen LogP contribution in [0.15, 0.2) is 28.7 Å². The lowest BCUT2D eigenvalue weighted by Gasteiger charge is -2.35. The zero-order valence-corrected chi connectivity index (χ0v) is 14.1. The van der Waals surface area contributed by atoms with Gasteiger partial charge in [0.15, 0.2) is 5.78 Å². The van der Waals surface area contributed by atoms with Crippen molar-refractivity contribution >= 4 is 21.7 Å². The minimum atomic E-state index is 0.195. The van der Waals surface area contributed by atoms with Crippen LogP contribution in [-0.2, 0) is 0 Å². The highest BCUT2D eigenvalue weighted by Crippen LogP contribution is 2.23. The van der Waals surface area contributed by atoms with Gasteiger partial charge in [-0.1, -0.05) is 54.9 Å². The van der Waals surface area contributed by atoms with E-state index < -0.39 is 0 Å². The summed E-state index contributed by atoms with van der Waals surface area (Å²) in [6.07, 6.45) is 0.555. The van der Waals surface area contributed by atoms with Gasteiger partial charge in [-0.25, -0.2) is 0 Å². The first-order chi connectivity index (χ1) is 8.73. The molecule has 106 valence electrons. The van der Waals surface area contributed by atoms with Gasteiger partial charge in [-0.15, -0.1) is 0 Å². The van der Waals surface area contributed by atoms with E-state index >= 15 is 0 Å². The van der Waals surface area contributed by atoms with E-state index in [9.17, 15) is 4.79 Å². The molecule has 1 atom stereocenters. The van der Waals surface area contributed by atoms with Gasteiger partial charge in [-0.3, -0.25) is 4.79 Å². The molecular weight excluding hydrogens is 302 g/mol. The third kappa shape index (κ3) is 4.73. The molecule has 0 aliphatic carbocycles. The number of benzene rings is 1. The molecule has 0 aliphatic rings. The van der Waals surface area contributed by atoms with Crippen molar-refractivity contribution in [1.29, 1.82) is 0 Å². The van der Waals surface area contributed by atoms with E-state index in [0.29, 0.717) is 12.5 Å². The van der Waals surface area contributed by atoms with Crippen molar-refractivity contribution in [2.24, 2.45) is 5.41 Å². The smallest absolute Gasteiger partial charge is 0.165 e. The maximum Gasteiger partial charge on any atom is 0.165 e. The second-order valence-electron chi connectivity index (χ2n) is 6.18. The van der Waals surface area contributed by atoms with Gasteiger partial charge in [0.05, 0.1) is 0 Å². The summed E-state index contributed by atoms with van der Waals surface area (Å²) in [5, 5.41) is 0. The van der Waals surface area contributed by atoms with Crippen LogP contribution in [0, 0.1) is 5.41 Å². The third-order valence-corrected chi connectivity index (χ3v) is 4.47. The minimum Gasteiger partial charge on any atom is -0.303 e. The number of hydrogen-bond donors (Lipinski definition) is 0. The SMILES string of the molecule is CC(N(C)CCC(=O)c1ccccc1Br)C(C)(C)C. The van der Waals surface area contributed by atoms with Crippen LogP contribution in [-0.4, -0.2) is 30.3 Å². The summed E-state index contributed by atoms with van der Waals surface area (Å²) in [6, 6.07) is 8.06. The molecule has 0 saturated heterocycles. The van der Waals surface area contributed by atoms with E-state index in [1.165, 1.54) is 0 Å². The summed E-state index contributed by atoms with van der Waals surface area (Å²) >= 11 is 3.43. The fourth-order valence-electron chi connectivity index (χ4n) is 1.95. The highest BCUT2D eigenvalue weighted by atomic mass is 79.9. The molecule has 0 aliphatic heterocycles. The van der Waals surface area contributed by atoms with Gasteiger partial charge in [0.25, 0.3) is 0 Å². The van der Waals surface area contributed by atoms with E-state index in [0.717, 1.165) is 16.6 Å². The van der Waals surface area contributed by atoms with Crippen molar-refractivity contribution in [3.8, 4) is 0 Å². The van der Waals surface area contributed by atoms with Gasteiger partial charge in [-0.05, 0) is 25.5 Å². The molecule has 0 N–H and O–H groups in total. The largest absolute Gasteiger partial charge is 0.303 e. The summed E-state index contributed by atoms with van der Waals surface area (Å²) in [6.45, 7) is 9.68. The highest BCUT2D eigenvalue weighted by molar-refractivity contribution is 9.10. The van der Waals surface area contributed by atoms with Crippen molar-refractivity contribution in [1.82, 2.24) is 4.90 Å². The number of carbonyl (C=O) groups is 1.